The van der Waals surface area contributed by atoms with E-state index < -0.39 is 10.0 Å². The van der Waals surface area contributed by atoms with Crippen LogP contribution in [0.3, 0.4) is 0 Å². The Morgan fingerprint density at radius 1 is 1.07 bits per heavy atom. The lowest BCUT2D eigenvalue weighted by Crippen LogP contribution is -2.31. The number of anilines is 1. The molecule has 0 aromatic heterocycles. The molecule has 0 bridgehead atoms. The van der Waals surface area contributed by atoms with Gasteiger partial charge in [-0.25, -0.2) is 8.42 Å². The molecule has 2 aromatic rings. The Labute approximate surface area is 162 Å². The van der Waals surface area contributed by atoms with Crippen LogP contribution in [-0.4, -0.2) is 31.7 Å². The quantitative estimate of drug-likeness (QED) is 0.738. The van der Waals surface area contributed by atoms with Crippen LogP contribution in [0.1, 0.15) is 44.2 Å². The molecule has 1 N–H and O–H groups in total. The third kappa shape index (κ3) is 5.17. The summed E-state index contributed by atoms with van der Waals surface area (Å²) in [7, 11) is -3.57. The largest absolute Gasteiger partial charge is 0.326 e. The normalized spacial score (nSPS) is 12.8. The molecule has 0 aliphatic heterocycles. The van der Waals surface area contributed by atoms with Gasteiger partial charge >= 0.3 is 0 Å². The monoisotopic (exact) mass is 388 g/mol. The number of nitrogens with one attached hydrogen (secondary N) is 1. The Morgan fingerprint density at radius 3 is 2.30 bits per heavy atom. The first kappa shape index (κ1) is 21.1. The maximum absolute atomic E-state index is 12.8. The van der Waals surface area contributed by atoms with Crippen molar-refractivity contribution in [1.29, 1.82) is 0 Å². The number of carbonyl (C=O) groups excluding carboxylic acids is 1. The fourth-order valence-corrected chi connectivity index (χ4v) is 4.76. The summed E-state index contributed by atoms with van der Waals surface area (Å²) in [6.45, 7) is 8.20. The van der Waals surface area contributed by atoms with Crippen molar-refractivity contribution in [2.45, 2.75) is 44.9 Å². The second-order valence-corrected chi connectivity index (χ2v) is 8.54. The van der Waals surface area contributed by atoms with E-state index in [1.807, 2.05) is 51.1 Å². The number of rotatable bonds is 8. The summed E-state index contributed by atoms with van der Waals surface area (Å²) in [4.78, 5) is 12.7. The molecule has 27 heavy (non-hydrogen) atoms. The number of hydrogen-bond acceptors (Lipinski definition) is 3. The summed E-state index contributed by atoms with van der Waals surface area (Å²) in [5.41, 5.74) is 2.26. The van der Waals surface area contributed by atoms with Gasteiger partial charge < -0.3 is 5.32 Å². The number of aryl methyl sites for hydroxylation is 1. The van der Waals surface area contributed by atoms with Gasteiger partial charge in [0.25, 0.3) is 0 Å². The molecule has 0 heterocycles. The van der Waals surface area contributed by atoms with Crippen molar-refractivity contribution in [3.05, 3.63) is 59.7 Å². The molecule has 5 nitrogen and oxygen atoms in total. The fraction of sp³-hybridized carbons (Fsp3) is 0.381. The van der Waals surface area contributed by atoms with Crippen LogP contribution in [0.4, 0.5) is 5.69 Å². The molecule has 0 aliphatic rings. The van der Waals surface area contributed by atoms with Gasteiger partial charge in [0.15, 0.2) is 0 Å². The van der Waals surface area contributed by atoms with Crippen LogP contribution in [0.2, 0.25) is 0 Å². The Balaban J connectivity index is 2.17. The Bertz CT molecular complexity index is 876. The third-order valence-corrected chi connectivity index (χ3v) is 6.85. The molecule has 0 unspecified atom stereocenters. The van der Waals surface area contributed by atoms with Crippen molar-refractivity contribution in [1.82, 2.24) is 4.31 Å². The van der Waals surface area contributed by atoms with Gasteiger partial charge in [0.2, 0.25) is 15.9 Å². The predicted octanol–water partition coefficient (Wildman–Crippen LogP) is 4.16. The van der Waals surface area contributed by atoms with Gasteiger partial charge in [-0.2, -0.15) is 4.31 Å². The molecule has 6 heteroatoms. The molecule has 146 valence electrons. The van der Waals surface area contributed by atoms with Gasteiger partial charge in [-0.3, -0.25) is 4.79 Å². The number of sulfonamides is 1. The summed E-state index contributed by atoms with van der Waals surface area (Å²) in [5, 5.41) is 2.84. The smallest absolute Gasteiger partial charge is 0.243 e. The first-order chi connectivity index (χ1) is 12.8. The van der Waals surface area contributed by atoms with Crippen LogP contribution in [0, 0.1) is 6.92 Å². The molecule has 2 rings (SSSR count). The van der Waals surface area contributed by atoms with E-state index in [-0.39, 0.29) is 16.7 Å². The van der Waals surface area contributed by atoms with Gasteiger partial charge in [-0.05, 0) is 36.1 Å². The Hall–Kier alpha value is -2.18. The maximum atomic E-state index is 12.8. The predicted molar refractivity (Wildman–Crippen MR) is 109 cm³/mol. The highest BCUT2D eigenvalue weighted by atomic mass is 32.2. The molecule has 0 saturated heterocycles. The Kier molecular flexibility index (Phi) is 7.16. The van der Waals surface area contributed by atoms with Crippen LogP contribution in [0.15, 0.2) is 53.4 Å². The van der Waals surface area contributed by atoms with Crippen molar-refractivity contribution >= 4 is 21.6 Å². The van der Waals surface area contributed by atoms with E-state index in [0.29, 0.717) is 30.8 Å². The zero-order valence-corrected chi connectivity index (χ0v) is 17.2. The molecule has 0 spiro atoms. The lowest BCUT2D eigenvalue weighted by molar-refractivity contribution is -0.116. The van der Waals surface area contributed by atoms with Gasteiger partial charge in [0.1, 0.15) is 0 Å². The van der Waals surface area contributed by atoms with E-state index in [1.165, 1.54) is 4.31 Å². The summed E-state index contributed by atoms with van der Waals surface area (Å²) < 4.78 is 27.1. The summed E-state index contributed by atoms with van der Waals surface area (Å²) in [5.74, 6) is -0.0584. The minimum Gasteiger partial charge on any atom is -0.326 e. The fourth-order valence-electron chi connectivity index (χ4n) is 3.05. The average molecular weight is 389 g/mol. The van der Waals surface area contributed by atoms with Crippen LogP contribution < -0.4 is 5.32 Å². The van der Waals surface area contributed by atoms with E-state index >= 15 is 0 Å². The maximum Gasteiger partial charge on any atom is 0.243 e. The first-order valence-corrected chi connectivity index (χ1v) is 10.7. The van der Waals surface area contributed by atoms with E-state index in [4.69, 9.17) is 0 Å². The molecule has 0 radical (unpaired) electrons. The highest BCUT2D eigenvalue weighted by Gasteiger charge is 2.24. The number of hydrogen-bond donors (Lipinski definition) is 1. The molecular weight excluding hydrogens is 360 g/mol. The first-order valence-electron chi connectivity index (χ1n) is 9.25. The highest BCUT2D eigenvalue weighted by Crippen LogP contribution is 2.25. The molecule has 0 fully saturated rings. The standard InChI is InChI=1S/C21H28N2O3S/c1-5-23(6-2)27(25,26)20-15-19(13-12-16(20)3)22-21(24)14-17(4)18-10-8-7-9-11-18/h7-13,15,17H,5-6,14H2,1-4H3,(H,22,24)/t17-/m0/s1. The van der Waals surface area contributed by atoms with Crippen molar-refractivity contribution in [2.24, 2.45) is 0 Å². The van der Waals surface area contributed by atoms with Crippen molar-refractivity contribution in [2.75, 3.05) is 18.4 Å². The molecule has 2 aromatic carbocycles. The van der Waals surface area contributed by atoms with Crippen molar-refractivity contribution < 1.29 is 13.2 Å². The SMILES string of the molecule is CCN(CC)S(=O)(=O)c1cc(NC(=O)C[C@H](C)c2ccccc2)ccc1C. The topological polar surface area (TPSA) is 66.5 Å². The zero-order valence-electron chi connectivity index (χ0n) is 16.4. The highest BCUT2D eigenvalue weighted by molar-refractivity contribution is 7.89. The third-order valence-electron chi connectivity index (χ3n) is 4.66. The van der Waals surface area contributed by atoms with Crippen LogP contribution in [0.25, 0.3) is 0 Å². The Morgan fingerprint density at radius 2 is 1.70 bits per heavy atom. The van der Waals surface area contributed by atoms with Gasteiger partial charge in [0.05, 0.1) is 4.90 Å². The van der Waals surface area contributed by atoms with E-state index in [0.717, 1.165) is 5.56 Å². The average Bonchev–Trinajstić information content (AvgIpc) is 2.64. The van der Waals surface area contributed by atoms with Crippen molar-refractivity contribution in [3.63, 3.8) is 0 Å². The lowest BCUT2D eigenvalue weighted by atomic mass is 9.97. The molecule has 0 saturated carbocycles. The molecule has 1 atom stereocenters. The van der Waals surface area contributed by atoms with Gasteiger partial charge in [-0.15, -0.1) is 0 Å². The van der Waals surface area contributed by atoms with Crippen molar-refractivity contribution in [3.8, 4) is 0 Å². The van der Waals surface area contributed by atoms with Crippen LogP contribution in [0.5, 0.6) is 0 Å². The summed E-state index contributed by atoms with van der Waals surface area (Å²) in [6, 6.07) is 14.9. The van der Waals surface area contributed by atoms with Gasteiger partial charge in [-0.1, -0.05) is 57.2 Å². The van der Waals surface area contributed by atoms with Crippen LogP contribution >= 0.6 is 0 Å². The number of amides is 1. The minimum atomic E-state index is -3.57. The van der Waals surface area contributed by atoms with E-state index in [2.05, 4.69) is 5.32 Å². The number of carbonyl (C=O) groups is 1. The summed E-state index contributed by atoms with van der Waals surface area (Å²) in [6.07, 6.45) is 0.329. The minimum absolute atomic E-state index is 0.0792. The van der Waals surface area contributed by atoms with Gasteiger partial charge in [0, 0.05) is 25.2 Å². The van der Waals surface area contributed by atoms with Crippen LogP contribution in [-0.2, 0) is 14.8 Å². The van der Waals surface area contributed by atoms with E-state index in [9.17, 15) is 13.2 Å². The summed E-state index contributed by atoms with van der Waals surface area (Å²) >= 11 is 0. The van der Waals surface area contributed by atoms with E-state index in [1.54, 1.807) is 25.1 Å². The molecular formula is C21H28N2O3S. The number of nitrogens with zero attached hydrogens (tertiary/aromatic N) is 1. The number of benzene rings is 2. The molecule has 0 aliphatic carbocycles. The molecule has 1 amide bonds. The second-order valence-electron chi connectivity index (χ2n) is 6.63. The second kappa shape index (κ2) is 9.15. The zero-order chi connectivity index (χ0) is 20.0. The lowest BCUT2D eigenvalue weighted by Gasteiger charge is -2.20.